The van der Waals surface area contributed by atoms with Crippen LogP contribution in [0.3, 0.4) is 0 Å². The highest BCUT2D eigenvalue weighted by molar-refractivity contribution is 7.25. The molecule has 5 heteroatoms. The third-order valence-corrected chi connectivity index (χ3v) is 11.0. The molecular formula is C45H25N3OS. The summed E-state index contributed by atoms with van der Waals surface area (Å²) in [6, 6.07) is 53.3. The molecular weight excluding hydrogens is 631 g/mol. The fourth-order valence-electron chi connectivity index (χ4n) is 7.50. The molecule has 3 heterocycles. The molecule has 11 rings (SSSR count). The molecule has 0 radical (unpaired) electrons. The fourth-order valence-corrected chi connectivity index (χ4v) is 8.59. The van der Waals surface area contributed by atoms with Gasteiger partial charge in [-0.1, -0.05) is 109 Å². The molecule has 0 unspecified atom stereocenters. The van der Waals surface area contributed by atoms with E-state index in [0.29, 0.717) is 17.5 Å². The van der Waals surface area contributed by atoms with Gasteiger partial charge in [0.2, 0.25) is 0 Å². The maximum Gasteiger partial charge on any atom is 0.164 e. The molecule has 0 fully saturated rings. The van der Waals surface area contributed by atoms with Gasteiger partial charge in [-0.05, 0) is 64.0 Å². The third-order valence-electron chi connectivity index (χ3n) is 9.88. The average Bonchev–Trinajstić information content (AvgIpc) is 3.76. The zero-order valence-electron chi connectivity index (χ0n) is 26.6. The largest absolute Gasteiger partial charge is 0.455 e. The molecule has 0 bridgehead atoms. The molecule has 0 amide bonds. The van der Waals surface area contributed by atoms with Crippen molar-refractivity contribution in [1.82, 2.24) is 15.0 Å². The number of hydrogen-bond donors (Lipinski definition) is 0. The molecule has 0 aliphatic rings. The van der Waals surface area contributed by atoms with E-state index in [1.165, 1.54) is 30.9 Å². The van der Waals surface area contributed by atoms with Crippen molar-refractivity contribution in [3.05, 3.63) is 152 Å². The van der Waals surface area contributed by atoms with Crippen LogP contribution >= 0.6 is 11.3 Å². The van der Waals surface area contributed by atoms with E-state index in [-0.39, 0.29) is 0 Å². The lowest BCUT2D eigenvalue weighted by Gasteiger charge is -2.11. The van der Waals surface area contributed by atoms with Gasteiger partial charge in [0.05, 0.1) is 0 Å². The summed E-state index contributed by atoms with van der Waals surface area (Å²) in [5.41, 5.74) is 4.69. The van der Waals surface area contributed by atoms with Crippen molar-refractivity contribution >= 4 is 85.8 Å². The SMILES string of the molecule is c1ccc(-c2nc(-c3ccc4c(ccc5ccc6ccc7c8ccccc8oc7c6c54)c3)nc(-c3ccc4sc5ccccc5c4c3)n2)cc1. The van der Waals surface area contributed by atoms with Crippen LogP contribution in [0.15, 0.2) is 156 Å². The summed E-state index contributed by atoms with van der Waals surface area (Å²) in [6.07, 6.45) is 0. The van der Waals surface area contributed by atoms with E-state index >= 15 is 0 Å². The summed E-state index contributed by atoms with van der Waals surface area (Å²) < 4.78 is 9.07. The van der Waals surface area contributed by atoms with E-state index in [1.807, 2.05) is 41.7 Å². The van der Waals surface area contributed by atoms with Crippen LogP contribution in [0.5, 0.6) is 0 Å². The first kappa shape index (κ1) is 27.5. The summed E-state index contributed by atoms with van der Waals surface area (Å²) in [6.45, 7) is 0. The zero-order valence-corrected chi connectivity index (χ0v) is 27.4. The van der Waals surface area contributed by atoms with Gasteiger partial charge >= 0.3 is 0 Å². The van der Waals surface area contributed by atoms with Crippen LogP contribution in [-0.4, -0.2) is 15.0 Å². The number of fused-ring (bicyclic) bond motifs is 12. The molecule has 232 valence electrons. The number of thiophene rings is 1. The first-order valence-electron chi connectivity index (χ1n) is 16.7. The maximum absolute atomic E-state index is 6.55. The summed E-state index contributed by atoms with van der Waals surface area (Å²) >= 11 is 1.81. The minimum Gasteiger partial charge on any atom is -0.455 e. The first-order chi connectivity index (χ1) is 24.7. The van der Waals surface area contributed by atoms with Crippen LogP contribution < -0.4 is 0 Å². The molecule has 0 spiro atoms. The first-order valence-corrected chi connectivity index (χ1v) is 17.5. The second-order valence-electron chi connectivity index (χ2n) is 12.8. The van der Waals surface area contributed by atoms with Crippen LogP contribution in [-0.2, 0) is 0 Å². The highest BCUT2D eigenvalue weighted by Gasteiger charge is 2.17. The minimum atomic E-state index is 0.642. The quantitative estimate of drug-likeness (QED) is 0.178. The smallest absolute Gasteiger partial charge is 0.164 e. The van der Waals surface area contributed by atoms with Crippen LogP contribution in [0.2, 0.25) is 0 Å². The van der Waals surface area contributed by atoms with Crippen LogP contribution in [0, 0.1) is 0 Å². The number of hydrogen-bond acceptors (Lipinski definition) is 5. The molecule has 0 aliphatic heterocycles. The lowest BCUT2D eigenvalue weighted by molar-refractivity contribution is 0.673. The summed E-state index contributed by atoms with van der Waals surface area (Å²) in [5.74, 6) is 1.95. The van der Waals surface area contributed by atoms with Crippen molar-refractivity contribution < 1.29 is 4.42 Å². The normalized spacial score (nSPS) is 12.0. The Kier molecular flexibility index (Phi) is 5.80. The number of para-hydroxylation sites is 1. The highest BCUT2D eigenvalue weighted by atomic mass is 32.1. The Balaban J connectivity index is 1.13. The van der Waals surface area contributed by atoms with Crippen molar-refractivity contribution in [2.24, 2.45) is 0 Å². The molecule has 0 saturated carbocycles. The fraction of sp³-hybridized carbons (Fsp3) is 0. The van der Waals surface area contributed by atoms with Gasteiger partial charge in [-0.2, -0.15) is 0 Å². The van der Waals surface area contributed by atoms with Crippen molar-refractivity contribution in [2.45, 2.75) is 0 Å². The Hall–Kier alpha value is -6.43. The van der Waals surface area contributed by atoms with Gasteiger partial charge in [-0.25, -0.2) is 15.0 Å². The molecule has 3 aromatic heterocycles. The van der Waals surface area contributed by atoms with E-state index in [2.05, 4.69) is 121 Å². The monoisotopic (exact) mass is 655 g/mol. The van der Waals surface area contributed by atoms with Gasteiger partial charge in [-0.3, -0.25) is 0 Å². The second kappa shape index (κ2) is 10.5. The topological polar surface area (TPSA) is 51.8 Å². The van der Waals surface area contributed by atoms with Crippen molar-refractivity contribution in [1.29, 1.82) is 0 Å². The van der Waals surface area contributed by atoms with Crippen LogP contribution in [0.25, 0.3) is 109 Å². The zero-order chi connectivity index (χ0) is 32.8. The van der Waals surface area contributed by atoms with Gasteiger partial charge in [0.25, 0.3) is 0 Å². The molecule has 8 aromatic carbocycles. The Morgan fingerprint density at radius 2 is 0.980 bits per heavy atom. The molecule has 4 nitrogen and oxygen atoms in total. The molecule has 0 N–H and O–H groups in total. The summed E-state index contributed by atoms with van der Waals surface area (Å²) in [7, 11) is 0. The number of benzene rings is 8. The molecule has 0 aliphatic carbocycles. The molecule has 0 atom stereocenters. The standard InChI is InChI=1S/C45H25N3OS/c1-2-8-28(9-3-1)43-46-44(48-45(47-43)31-20-23-39-36(25-31)34-11-5-7-13-38(34)50-39)30-19-21-32-29(24-30)17-16-26-14-15-27-18-22-35-33-10-4-6-12-37(33)49-42(35)41(27)40(26)32/h1-25H. The Morgan fingerprint density at radius 1 is 0.380 bits per heavy atom. The Labute approximate surface area is 289 Å². The van der Waals surface area contributed by atoms with Gasteiger partial charge in [0, 0.05) is 58.4 Å². The summed E-state index contributed by atoms with van der Waals surface area (Å²) in [4.78, 5) is 15.2. The molecule has 11 aromatic rings. The second-order valence-corrected chi connectivity index (χ2v) is 13.9. The number of rotatable bonds is 3. The van der Waals surface area contributed by atoms with Gasteiger partial charge in [0.1, 0.15) is 11.2 Å². The third kappa shape index (κ3) is 4.14. The van der Waals surface area contributed by atoms with E-state index in [1.54, 1.807) is 0 Å². The number of furan rings is 1. The lowest BCUT2D eigenvalue weighted by Crippen LogP contribution is -2.00. The average molecular weight is 656 g/mol. The Morgan fingerprint density at radius 3 is 1.82 bits per heavy atom. The van der Waals surface area contributed by atoms with Gasteiger partial charge in [0.15, 0.2) is 17.5 Å². The van der Waals surface area contributed by atoms with Crippen LogP contribution in [0.1, 0.15) is 0 Å². The van der Waals surface area contributed by atoms with E-state index in [9.17, 15) is 0 Å². The highest BCUT2D eigenvalue weighted by Crippen LogP contribution is 2.41. The van der Waals surface area contributed by atoms with E-state index in [4.69, 9.17) is 19.4 Å². The minimum absolute atomic E-state index is 0.642. The predicted molar refractivity (Wildman–Crippen MR) is 209 cm³/mol. The van der Waals surface area contributed by atoms with Crippen molar-refractivity contribution in [3.63, 3.8) is 0 Å². The number of nitrogens with zero attached hydrogens (tertiary/aromatic N) is 3. The van der Waals surface area contributed by atoms with E-state index in [0.717, 1.165) is 60.2 Å². The van der Waals surface area contributed by atoms with Gasteiger partial charge < -0.3 is 4.42 Å². The predicted octanol–water partition coefficient (Wildman–Crippen LogP) is 12.6. The van der Waals surface area contributed by atoms with Crippen molar-refractivity contribution in [3.8, 4) is 34.2 Å². The summed E-state index contributed by atoms with van der Waals surface area (Å²) in [5, 5.41) is 11.7. The van der Waals surface area contributed by atoms with Crippen molar-refractivity contribution in [2.75, 3.05) is 0 Å². The Bertz CT molecular complexity index is 3160. The molecule has 0 saturated heterocycles. The van der Waals surface area contributed by atoms with Gasteiger partial charge in [-0.15, -0.1) is 11.3 Å². The number of aromatic nitrogens is 3. The molecule has 50 heavy (non-hydrogen) atoms. The van der Waals surface area contributed by atoms with E-state index < -0.39 is 0 Å². The lowest BCUT2D eigenvalue weighted by atomic mass is 9.94. The van der Waals surface area contributed by atoms with Crippen LogP contribution in [0.4, 0.5) is 0 Å². The maximum atomic E-state index is 6.55.